The summed E-state index contributed by atoms with van der Waals surface area (Å²) >= 11 is 0.848. The van der Waals surface area contributed by atoms with E-state index in [2.05, 4.69) is 5.32 Å². The highest BCUT2D eigenvalue weighted by Crippen LogP contribution is 2.40. The van der Waals surface area contributed by atoms with Crippen LogP contribution in [0.15, 0.2) is 47.4 Å². The van der Waals surface area contributed by atoms with E-state index in [-0.39, 0.29) is 35.6 Å². The summed E-state index contributed by atoms with van der Waals surface area (Å²) in [5.74, 6) is 0.741. The minimum atomic E-state index is -0.411. The third-order valence-electron chi connectivity index (χ3n) is 4.72. The Morgan fingerprint density at radius 1 is 1.03 bits per heavy atom. The van der Waals surface area contributed by atoms with Gasteiger partial charge >= 0.3 is 0 Å². The number of hydrogen-bond acceptors (Lipinski definition) is 7. The molecule has 1 heterocycles. The predicted octanol–water partition coefficient (Wildman–Crippen LogP) is 3.11. The largest absolute Gasteiger partial charge is 0.493 e. The lowest BCUT2D eigenvalue weighted by atomic mass is 10.1. The fourth-order valence-electron chi connectivity index (χ4n) is 3.18. The standard InChI is InChI=1S/C23H24N2O6S/c1-29-17-11-16(12-18(30-2)21(17)31-3)13-19-22(27)25(23(28)32-19)10-9-24-20(26)14-15-7-5-4-6-8-15/h4-8,11-13H,9-10,14H2,1-3H3,(H,24,26)/b19-13-. The monoisotopic (exact) mass is 456 g/mol. The fraction of sp³-hybridized carbons (Fsp3) is 0.261. The van der Waals surface area contributed by atoms with Gasteiger partial charge in [0.25, 0.3) is 11.1 Å². The minimum absolute atomic E-state index is 0.0950. The van der Waals surface area contributed by atoms with Crippen LogP contribution in [-0.2, 0) is 16.0 Å². The van der Waals surface area contributed by atoms with Crippen LogP contribution >= 0.6 is 11.8 Å². The Labute approximate surface area is 190 Å². The molecule has 9 heteroatoms. The summed E-state index contributed by atoms with van der Waals surface area (Å²) in [5, 5.41) is 2.36. The molecule has 1 aliphatic rings. The van der Waals surface area contributed by atoms with Crippen molar-refractivity contribution in [1.82, 2.24) is 10.2 Å². The maximum Gasteiger partial charge on any atom is 0.293 e. The summed E-state index contributed by atoms with van der Waals surface area (Å²) < 4.78 is 16.0. The zero-order valence-corrected chi connectivity index (χ0v) is 18.9. The normalized spacial score (nSPS) is 14.6. The third kappa shape index (κ3) is 5.42. The molecule has 0 spiro atoms. The molecule has 0 bridgehead atoms. The van der Waals surface area contributed by atoms with E-state index in [0.717, 1.165) is 22.2 Å². The van der Waals surface area contributed by atoms with Gasteiger partial charge in [-0.15, -0.1) is 0 Å². The number of imide groups is 1. The Hall–Kier alpha value is -3.46. The zero-order chi connectivity index (χ0) is 23.1. The van der Waals surface area contributed by atoms with Crippen LogP contribution in [0.1, 0.15) is 11.1 Å². The van der Waals surface area contributed by atoms with E-state index in [1.54, 1.807) is 18.2 Å². The predicted molar refractivity (Wildman–Crippen MR) is 122 cm³/mol. The van der Waals surface area contributed by atoms with Gasteiger partial charge in [-0.3, -0.25) is 19.3 Å². The van der Waals surface area contributed by atoms with Gasteiger partial charge in [-0.25, -0.2) is 0 Å². The highest BCUT2D eigenvalue weighted by atomic mass is 32.2. The maximum atomic E-state index is 12.7. The SMILES string of the molecule is COc1cc(/C=C2\SC(=O)N(CCNC(=O)Cc3ccccc3)C2=O)cc(OC)c1OC. The molecule has 3 amide bonds. The van der Waals surface area contributed by atoms with Crippen molar-refractivity contribution in [2.45, 2.75) is 6.42 Å². The molecule has 1 N–H and O–H groups in total. The number of ether oxygens (including phenoxy) is 3. The first-order valence-electron chi connectivity index (χ1n) is 9.82. The van der Waals surface area contributed by atoms with Crippen LogP contribution in [0, 0.1) is 0 Å². The molecule has 0 atom stereocenters. The van der Waals surface area contributed by atoms with Crippen molar-refractivity contribution >= 4 is 34.9 Å². The quantitative estimate of drug-likeness (QED) is 0.580. The first-order chi connectivity index (χ1) is 15.5. The van der Waals surface area contributed by atoms with Gasteiger partial charge in [-0.2, -0.15) is 0 Å². The summed E-state index contributed by atoms with van der Waals surface area (Å²) in [6.45, 7) is 0.277. The van der Waals surface area contributed by atoms with Crippen LogP contribution in [0.4, 0.5) is 4.79 Å². The summed E-state index contributed by atoms with van der Waals surface area (Å²) in [6, 6.07) is 12.7. The first-order valence-corrected chi connectivity index (χ1v) is 10.6. The second-order valence-electron chi connectivity index (χ2n) is 6.80. The number of benzene rings is 2. The van der Waals surface area contributed by atoms with E-state index < -0.39 is 5.91 Å². The molecule has 8 nitrogen and oxygen atoms in total. The van der Waals surface area contributed by atoms with Crippen LogP contribution in [0.2, 0.25) is 0 Å². The van der Waals surface area contributed by atoms with E-state index in [1.165, 1.54) is 21.3 Å². The molecule has 0 unspecified atom stereocenters. The highest BCUT2D eigenvalue weighted by molar-refractivity contribution is 8.18. The molecular weight excluding hydrogens is 432 g/mol. The summed E-state index contributed by atoms with van der Waals surface area (Å²) in [7, 11) is 4.51. The first kappa shape index (κ1) is 23.2. The number of nitrogens with one attached hydrogen (secondary N) is 1. The molecule has 2 aromatic rings. The van der Waals surface area contributed by atoms with Crippen molar-refractivity contribution in [3.63, 3.8) is 0 Å². The van der Waals surface area contributed by atoms with Gasteiger partial charge < -0.3 is 19.5 Å². The van der Waals surface area contributed by atoms with Gasteiger partial charge in [0.15, 0.2) is 11.5 Å². The molecule has 0 aliphatic carbocycles. The molecule has 0 aromatic heterocycles. The molecule has 3 rings (SSSR count). The van der Waals surface area contributed by atoms with Crippen LogP contribution in [-0.4, -0.2) is 56.4 Å². The molecular formula is C23H24N2O6S. The lowest BCUT2D eigenvalue weighted by molar-refractivity contribution is -0.124. The molecule has 0 radical (unpaired) electrons. The van der Waals surface area contributed by atoms with Crippen LogP contribution in [0.5, 0.6) is 17.2 Å². The van der Waals surface area contributed by atoms with Crippen LogP contribution < -0.4 is 19.5 Å². The van der Waals surface area contributed by atoms with Crippen molar-refractivity contribution in [1.29, 1.82) is 0 Å². The molecule has 168 valence electrons. The van der Waals surface area contributed by atoms with Crippen molar-refractivity contribution in [2.75, 3.05) is 34.4 Å². The molecule has 0 saturated carbocycles. The summed E-state index contributed by atoms with van der Waals surface area (Å²) in [4.78, 5) is 38.6. The second kappa shape index (κ2) is 10.7. The molecule has 1 aliphatic heterocycles. The van der Waals surface area contributed by atoms with E-state index in [0.29, 0.717) is 22.8 Å². The highest BCUT2D eigenvalue weighted by Gasteiger charge is 2.34. The summed E-state index contributed by atoms with van der Waals surface area (Å²) in [5.41, 5.74) is 1.52. The molecule has 1 fully saturated rings. The molecule has 1 saturated heterocycles. The number of carbonyl (C=O) groups excluding carboxylic acids is 3. The number of nitrogens with zero attached hydrogens (tertiary/aromatic N) is 1. The van der Waals surface area contributed by atoms with Gasteiger partial charge in [0, 0.05) is 13.1 Å². The lowest BCUT2D eigenvalue weighted by Crippen LogP contribution is -2.37. The van der Waals surface area contributed by atoms with Gasteiger partial charge in [0.1, 0.15) is 0 Å². The number of hydrogen-bond donors (Lipinski definition) is 1. The smallest absolute Gasteiger partial charge is 0.293 e. The van der Waals surface area contributed by atoms with Gasteiger partial charge in [0.2, 0.25) is 11.7 Å². The van der Waals surface area contributed by atoms with Gasteiger partial charge in [-0.1, -0.05) is 30.3 Å². The number of methoxy groups -OCH3 is 3. The Bertz CT molecular complexity index is 1010. The molecule has 2 aromatic carbocycles. The van der Waals surface area contributed by atoms with Crippen LogP contribution in [0.3, 0.4) is 0 Å². The van der Waals surface area contributed by atoms with E-state index in [1.807, 2.05) is 30.3 Å². The summed E-state index contributed by atoms with van der Waals surface area (Å²) in [6.07, 6.45) is 1.84. The van der Waals surface area contributed by atoms with E-state index in [9.17, 15) is 14.4 Å². The average molecular weight is 457 g/mol. The van der Waals surface area contributed by atoms with E-state index in [4.69, 9.17) is 14.2 Å². The minimum Gasteiger partial charge on any atom is -0.493 e. The Morgan fingerprint density at radius 3 is 2.28 bits per heavy atom. The Balaban J connectivity index is 1.64. The number of amides is 3. The lowest BCUT2D eigenvalue weighted by Gasteiger charge is -2.13. The average Bonchev–Trinajstić information content (AvgIpc) is 3.06. The topological polar surface area (TPSA) is 94.2 Å². The molecule has 32 heavy (non-hydrogen) atoms. The number of carbonyl (C=O) groups is 3. The van der Waals surface area contributed by atoms with Gasteiger partial charge in [0.05, 0.1) is 32.7 Å². The van der Waals surface area contributed by atoms with E-state index >= 15 is 0 Å². The zero-order valence-electron chi connectivity index (χ0n) is 18.0. The number of rotatable bonds is 9. The number of thioether (sulfide) groups is 1. The van der Waals surface area contributed by atoms with Crippen molar-refractivity contribution < 1.29 is 28.6 Å². The van der Waals surface area contributed by atoms with Crippen molar-refractivity contribution in [2.24, 2.45) is 0 Å². The van der Waals surface area contributed by atoms with Crippen LogP contribution in [0.25, 0.3) is 6.08 Å². The van der Waals surface area contributed by atoms with Crippen molar-refractivity contribution in [3.8, 4) is 17.2 Å². The third-order valence-corrected chi connectivity index (χ3v) is 5.63. The Morgan fingerprint density at radius 2 is 1.69 bits per heavy atom. The van der Waals surface area contributed by atoms with Crippen molar-refractivity contribution in [3.05, 3.63) is 58.5 Å². The Kier molecular flexibility index (Phi) is 7.77. The second-order valence-corrected chi connectivity index (χ2v) is 7.80. The maximum absolute atomic E-state index is 12.7. The fourth-order valence-corrected chi connectivity index (χ4v) is 4.04. The van der Waals surface area contributed by atoms with Gasteiger partial charge in [-0.05, 0) is 41.1 Å².